The maximum Gasteiger partial charge on any atom is 0.416 e. The first kappa shape index (κ1) is 19.8. The second-order valence-electron chi connectivity index (χ2n) is 7.67. The lowest BCUT2D eigenvalue weighted by Crippen LogP contribution is -2.30. The standard InChI is InChI=1S/C21H22F3NOS/c1-20(2,3)16-9-7-14(8-10-16)19-25(11-12-27-19)18(26)15-5-4-6-17(13-15)21(22,23)24/h4-10,13,19H,11-12H2,1-3H3. The molecule has 1 fully saturated rings. The number of halogens is 3. The Labute approximate surface area is 161 Å². The first-order valence-electron chi connectivity index (χ1n) is 8.77. The molecular formula is C21H22F3NOS. The molecule has 0 aromatic heterocycles. The summed E-state index contributed by atoms with van der Waals surface area (Å²) >= 11 is 1.63. The van der Waals surface area contributed by atoms with E-state index < -0.39 is 11.7 Å². The normalized spacial score (nSPS) is 18.0. The van der Waals surface area contributed by atoms with Crippen molar-refractivity contribution < 1.29 is 18.0 Å². The van der Waals surface area contributed by atoms with E-state index in [2.05, 4.69) is 32.9 Å². The Morgan fingerprint density at radius 1 is 1.04 bits per heavy atom. The summed E-state index contributed by atoms with van der Waals surface area (Å²) in [7, 11) is 0. The van der Waals surface area contributed by atoms with Crippen LogP contribution >= 0.6 is 11.8 Å². The molecule has 3 rings (SSSR count). The van der Waals surface area contributed by atoms with E-state index in [1.54, 1.807) is 16.7 Å². The second kappa shape index (κ2) is 7.23. The van der Waals surface area contributed by atoms with Gasteiger partial charge in [0.25, 0.3) is 5.91 Å². The SMILES string of the molecule is CC(C)(C)c1ccc(C2SCCN2C(=O)c2cccc(C(F)(F)F)c2)cc1. The van der Waals surface area contributed by atoms with Crippen molar-refractivity contribution in [3.8, 4) is 0 Å². The van der Waals surface area contributed by atoms with Gasteiger partial charge in [-0.1, -0.05) is 51.1 Å². The van der Waals surface area contributed by atoms with Crippen LogP contribution in [-0.2, 0) is 11.6 Å². The van der Waals surface area contributed by atoms with Gasteiger partial charge in [0.1, 0.15) is 5.37 Å². The van der Waals surface area contributed by atoms with Crippen LogP contribution in [0.1, 0.15) is 53.2 Å². The predicted octanol–water partition coefficient (Wildman–Crippen LogP) is 5.89. The van der Waals surface area contributed by atoms with Crippen molar-refractivity contribution in [1.29, 1.82) is 0 Å². The molecule has 0 radical (unpaired) electrons. The third-order valence-electron chi connectivity index (χ3n) is 4.65. The molecule has 144 valence electrons. The molecule has 27 heavy (non-hydrogen) atoms. The molecule has 0 spiro atoms. The van der Waals surface area contributed by atoms with E-state index in [0.717, 1.165) is 23.4 Å². The molecule has 1 atom stereocenters. The molecule has 0 saturated carbocycles. The van der Waals surface area contributed by atoms with Gasteiger partial charge in [0.2, 0.25) is 0 Å². The zero-order valence-corrected chi connectivity index (χ0v) is 16.3. The molecule has 2 nitrogen and oxygen atoms in total. The van der Waals surface area contributed by atoms with Gasteiger partial charge < -0.3 is 4.90 Å². The van der Waals surface area contributed by atoms with Gasteiger partial charge in [-0.05, 0) is 34.7 Å². The van der Waals surface area contributed by atoms with E-state index >= 15 is 0 Å². The summed E-state index contributed by atoms with van der Waals surface area (Å²) in [4.78, 5) is 14.5. The van der Waals surface area contributed by atoms with E-state index in [1.807, 2.05) is 12.1 Å². The third-order valence-corrected chi connectivity index (χ3v) is 5.91. The average molecular weight is 393 g/mol. The Morgan fingerprint density at radius 2 is 1.70 bits per heavy atom. The van der Waals surface area contributed by atoms with Crippen LogP contribution in [0.25, 0.3) is 0 Å². The van der Waals surface area contributed by atoms with Crippen LogP contribution in [0.3, 0.4) is 0 Å². The van der Waals surface area contributed by atoms with Crippen LogP contribution in [0, 0.1) is 0 Å². The summed E-state index contributed by atoms with van der Waals surface area (Å²) < 4.78 is 38.9. The third kappa shape index (κ3) is 4.32. The quantitative estimate of drug-likeness (QED) is 0.634. The molecule has 1 aliphatic heterocycles. The van der Waals surface area contributed by atoms with Crippen LogP contribution in [-0.4, -0.2) is 23.1 Å². The van der Waals surface area contributed by atoms with Crippen LogP contribution < -0.4 is 0 Å². The number of carbonyl (C=O) groups excluding carboxylic acids is 1. The Bertz CT molecular complexity index is 825. The molecular weight excluding hydrogens is 371 g/mol. The Morgan fingerprint density at radius 3 is 2.30 bits per heavy atom. The minimum atomic E-state index is -4.46. The smallest absolute Gasteiger partial charge is 0.322 e. The van der Waals surface area contributed by atoms with Gasteiger partial charge in [-0.2, -0.15) is 13.2 Å². The molecule has 1 aliphatic rings. The van der Waals surface area contributed by atoms with Crippen LogP contribution in [0.15, 0.2) is 48.5 Å². The first-order valence-corrected chi connectivity index (χ1v) is 9.82. The Balaban J connectivity index is 1.85. The minimum Gasteiger partial charge on any atom is -0.322 e. The molecule has 1 heterocycles. The van der Waals surface area contributed by atoms with E-state index in [-0.39, 0.29) is 22.3 Å². The number of thioether (sulfide) groups is 1. The highest BCUT2D eigenvalue weighted by Gasteiger charge is 2.34. The summed E-state index contributed by atoms with van der Waals surface area (Å²) in [6, 6.07) is 12.8. The maximum atomic E-state index is 13.0. The van der Waals surface area contributed by atoms with E-state index in [0.29, 0.717) is 6.54 Å². The highest BCUT2D eigenvalue weighted by atomic mass is 32.2. The van der Waals surface area contributed by atoms with Crippen LogP contribution in [0.5, 0.6) is 0 Å². The number of carbonyl (C=O) groups is 1. The number of nitrogens with zero attached hydrogens (tertiary/aromatic N) is 1. The molecule has 0 N–H and O–H groups in total. The number of alkyl halides is 3. The fourth-order valence-electron chi connectivity index (χ4n) is 3.10. The first-order chi connectivity index (χ1) is 12.6. The largest absolute Gasteiger partial charge is 0.416 e. The van der Waals surface area contributed by atoms with Gasteiger partial charge in [-0.15, -0.1) is 11.8 Å². The van der Waals surface area contributed by atoms with Crippen LogP contribution in [0.4, 0.5) is 13.2 Å². The molecule has 1 saturated heterocycles. The van der Waals surface area contributed by atoms with Crippen LogP contribution in [0.2, 0.25) is 0 Å². The lowest BCUT2D eigenvalue weighted by Gasteiger charge is -2.26. The molecule has 2 aromatic carbocycles. The Kier molecular flexibility index (Phi) is 5.30. The monoisotopic (exact) mass is 393 g/mol. The predicted molar refractivity (Wildman–Crippen MR) is 103 cm³/mol. The molecule has 1 amide bonds. The van der Waals surface area contributed by atoms with Gasteiger partial charge >= 0.3 is 6.18 Å². The van der Waals surface area contributed by atoms with Gasteiger partial charge in [-0.25, -0.2) is 0 Å². The molecule has 0 aliphatic carbocycles. The number of hydrogen-bond donors (Lipinski definition) is 0. The fourth-order valence-corrected chi connectivity index (χ4v) is 4.35. The summed E-state index contributed by atoms with van der Waals surface area (Å²) in [6.07, 6.45) is -4.46. The molecule has 1 unspecified atom stereocenters. The van der Waals surface area contributed by atoms with Crippen molar-refractivity contribution in [3.63, 3.8) is 0 Å². The zero-order valence-electron chi connectivity index (χ0n) is 15.5. The van der Waals surface area contributed by atoms with Gasteiger partial charge in [0.05, 0.1) is 5.56 Å². The van der Waals surface area contributed by atoms with Crippen molar-refractivity contribution in [1.82, 2.24) is 4.90 Å². The van der Waals surface area contributed by atoms with Crippen molar-refractivity contribution >= 4 is 17.7 Å². The topological polar surface area (TPSA) is 20.3 Å². The Hall–Kier alpha value is -1.95. The molecule has 6 heteroatoms. The minimum absolute atomic E-state index is 0.0366. The van der Waals surface area contributed by atoms with E-state index in [4.69, 9.17) is 0 Å². The number of benzene rings is 2. The van der Waals surface area contributed by atoms with Crippen molar-refractivity contribution in [2.24, 2.45) is 0 Å². The average Bonchev–Trinajstić information content (AvgIpc) is 3.09. The summed E-state index contributed by atoms with van der Waals surface area (Å²) in [5.41, 5.74) is 1.50. The lowest BCUT2D eigenvalue weighted by molar-refractivity contribution is -0.137. The maximum absolute atomic E-state index is 13.0. The van der Waals surface area contributed by atoms with Crippen molar-refractivity contribution in [3.05, 3.63) is 70.8 Å². The van der Waals surface area contributed by atoms with Gasteiger partial charge in [0, 0.05) is 17.9 Å². The summed E-state index contributed by atoms with van der Waals surface area (Å²) in [6.45, 7) is 6.92. The van der Waals surface area contributed by atoms with Crippen molar-refractivity contribution in [2.45, 2.75) is 37.7 Å². The zero-order chi connectivity index (χ0) is 19.8. The van der Waals surface area contributed by atoms with Gasteiger partial charge in [-0.3, -0.25) is 4.79 Å². The highest BCUT2D eigenvalue weighted by Crippen LogP contribution is 2.40. The molecule has 0 bridgehead atoms. The number of rotatable bonds is 2. The number of amides is 1. The summed E-state index contributed by atoms with van der Waals surface area (Å²) in [5, 5.41) is -0.180. The van der Waals surface area contributed by atoms with Crippen molar-refractivity contribution in [2.75, 3.05) is 12.3 Å². The number of hydrogen-bond acceptors (Lipinski definition) is 2. The highest BCUT2D eigenvalue weighted by molar-refractivity contribution is 7.99. The van der Waals surface area contributed by atoms with Gasteiger partial charge in [0.15, 0.2) is 0 Å². The fraction of sp³-hybridized carbons (Fsp3) is 0.381. The summed E-state index contributed by atoms with van der Waals surface area (Å²) in [5.74, 6) is 0.395. The van der Waals surface area contributed by atoms with E-state index in [9.17, 15) is 18.0 Å². The molecule has 2 aromatic rings. The lowest BCUT2D eigenvalue weighted by atomic mass is 9.86. The van der Waals surface area contributed by atoms with E-state index in [1.165, 1.54) is 17.7 Å². The second-order valence-corrected chi connectivity index (χ2v) is 8.86.